The first-order valence-corrected chi connectivity index (χ1v) is 9.98. The summed E-state index contributed by atoms with van der Waals surface area (Å²) < 4.78 is 29.0. The maximum Gasteiger partial charge on any atom is 0.165 e. The molecule has 1 aliphatic rings. The first kappa shape index (κ1) is 18.3. The molecule has 29 heavy (non-hydrogen) atoms. The first-order valence-electron chi connectivity index (χ1n) is 9.18. The predicted molar refractivity (Wildman–Crippen MR) is 110 cm³/mol. The number of aromatic nitrogens is 4. The van der Waals surface area contributed by atoms with Gasteiger partial charge in [0.2, 0.25) is 0 Å². The molecule has 0 aliphatic carbocycles. The van der Waals surface area contributed by atoms with Crippen LogP contribution in [0.3, 0.4) is 0 Å². The summed E-state index contributed by atoms with van der Waals surface area (Å²) in [5, 5.41) is 1.51. The molecule has 0 radical (unpaired) electrons. The lowest BCUT2D eigenvalue weighted by atomic mass is 10.2. The zero-order valence-corrected chi connectivity index (χ0v) is 16.8. The minimum Gasteiger partial charge on any atom is -0.488 e. The number of hydrogen-bond donors (Lipinski definition) is 1. The van der Waals surface area contributed by atoms with Crippen molar-refractivity contribution in [3.63, 3.8) is 0 Å². The number of fused-ring (bicyclic) bond motifs is 2. The Balaban J connectivity index is 1.29. The number of benzene rings is 1. The number of nitrogens with zero attached hydrogens (tertiary/aromatic N) is 4. The molecule has 1 fully saturated rings. The van der Waals surface area contributed by atoms with Crippen molar-refractivity contribution in [3.8, 4) is 5.75 Å². The van der Waals surface area contributed by atoms with Crippen LogP contribution in [0.25, 0.3) is 21.9 Å². The van der Waals surface area contributed by atoms with Gasteiger partial charge in [0.25, 0.3) is 0 Å². The molecule has 9 heteroatoms. The second-order valence-corrected chi connectivity index (χ2v) is 7.86. The molecule has 0 bridgehead atoms. The topological polar surface area (TPSA) is 88.1 Å². The van der Waals surface area contributed by atoms with Crippen LogP contribution in [0.4, 0.5) is 10.2 Å². The van der Waals surface area contributed by atoms with E-state index in [0.29, 0.717) is 16.7 Å². The van der Waals surface area contributed by atoms with Crippen LogP contribution in [-0.2, 0) is 4.74 Å². The average molecular weight is 458 g/mol. The van der Waals surface area contributed by atoms with E-state index < -0.39 is 5.82 Å². The lowest BCUT2D eigenvalue weighted by molar-refractivity contribution is -0.0161. The fraction of sp³-hybridized carbons (Fsp3) is 0.250. The maximum absolute atomic E-state index is 14.4. The Bertz CT molecular complexity index is 1210. The van der Waals surface area contributed by atoms with Gasteiger partial charge in [-0.2, -0.15) is 0 Å². The highest BCUT2D eigenvalue weighted by Gasteiger charge is 2.28. The van der Waals surface area contributed by atoms with Gasteiger partial charge in [0.05, 0.1) is 17.0 Å². The fourth-order valence-corrected chi connectivity index (χ4v) is 3.98. The van der Waals surface area contributed by atoms with Crippen molar-refractivity contribution in [1.82, 2.24) is 19.5 Å². The minimum absolute atomic E-state index is 0.149. The highest BCUT2D eigenvalue weighted by atomic mass is 79.9. The van der Waals surface area contributed by atoms with E-state index in [1.807, 2.05) is 22.9 Å². The second-order valence-electron chi connectivity index (χ2n) is 6.95. The zero-order valence-electron chi connectivity index (χ0n) is 15.3. The van der Waals surface area contributed by atoms with Gasteiger partial charge in [-0.25, -0.2) is 14.4 Å². The molecule has 3 aromatic heterocycles. The number of rotatable bonds is 4. The number of nitrogens with two attached hydrogens (primary N) is 1. The minimum atomic E-state index is -0.421. The standard InChI is InChI=1S/C20H17BrFN5O2/c21-12-5-11-6-15(22)17(7-16(11)24-8-12)28-9-13-1-2-18(29-13)27-4-3-14-19(23)25-10-26-20(14)27/h3-8,10,13,18H,1-2,9H2,(H2,23,25,26). The molecule has 0 spiro atoms. The molecule has 148 valence electrons. The Labute approximate surface area is 173 Å². The third-order valence-corrected chi connectivity index (χ3v) is 5.50. The summed E-state index contributed by atoms with van der Waals surface area (Å²) in [4.78, 5) is 12.6. The molecule has 2 unspecified atom stereocenters. The van der Waals surface area contributed by atoms with E-state index in [9.17, 15) is 4.39 Å². The monoisotopic (exact) mass is 457 g/mol. The van der Waals surface area contributed by atoms with Crippen molar-refractivity contribution in [2.75, 3.05) is 12.3 Å². The van der Waals surface area contributed by atoms with Gasteiger partial charge in [0, 0.05) is 28.3 Å². The van der Waals surface area contributed by atoms with Gasteiger partial charge in [0.1, 0.15) is 30.6 Å². The lowest BCUT2D eigenvalue weighted by Crippen LogP contribution is -2.19. The van der Waals surface area contributed by atoms with Crippen molar-refractivity contribution in [3.05, 3.63) is 53.3 Å². The van der Waals surface area contributed by atoms with Crippen molar-refractivity contribution < 1.29 is 13.9 Å². The average Bonchev–Trinajstić information content (AvgIpc) is 3.34. The van der Waals surface area contributed by atoms with Crippen molar-refractivity contribution in [2.45, 2.75) is 25.2 Å². The summed E-state index contributed by atoms with van der Waals surface area (Å²) in [6, 6.07) is 6.74. The molecule has 2 N–H and O–H groups in total. The molecule has 4 aromatic rings. The van der Waals surface area contributed by atoms with Crippen molar-refractivity contribution >= 4 is 43.7 Å². The summed E-state index contributed by atoms with van der Waals surface area (Å²) in [6.07, 6.45) is 6.30. The third-order valence-electron chi connectivity index (χ3n) is 5.06. The zero-order chi connectivity index (χ0) is 20.0. The van der Waals surface area contributed by atoms with E-state index >= 15 is 0 Å². The Hall–Kier alpha value is -2.78. The summed E-state index contributed by atoms with van der Waals surface area (Å²) in [5.41, 5.74) is 7.31. The van der Waals surface area contributed by atoms with E-state index in [1.54, 1.807) is 12.3 Å². The number of anilines is 1. The highest BCUT2D eigenvalue weighted by Crippen LogP contribution is 2.33. The van der Waals surface area contributed by atoms with Gasteiger partial charge in [-0.05, 0) is 47.0 Å². The molecule has 4 heterocycles. The fourth-order valence-electron chi connectivity index (χ4n) is 3.63. The van der Waals surface area contributed by atoms with E-state index in [-0.39, 0.29) is 24.7 Å². The largest absolute Gasteiger partial charge is 0.488 e. The van der Waals surface area contributed by atoms with Crippen molar-refractivity contribution in [1.29, 1.82) is 0 Å². The van der Waals surface area contributed by atoms with Crippen LogP contribution in [0.15, 0.2) is 47.5 Å². The predicted octanol–water partition coefficient (Wildman–Crippen LogP) is 4.22. The van der Waals surface area contributed by atoms with Gasteiger partial charge in [-0.3, -0.25) is 4.98 Å². The first-order chi connectivity index (χ1) is 14.1. The molecule has 0 amide bonds. The molecule has 0 saturated carbocycles. The van der Waals surface area contributed by atoms with E-state index in [4.69, 9.17) is 15.2 Å². The highest BCUT2D eigenvalue weighted by molar-refractivity contribution is 9.10. The van der Waals surface area contributed by atoms with Gasteiger partial charge in [-0.1, -0.05) is 0 Å². The van der Waals surface area contributed by atoms with Gasteiger partial charge < -0.3 is 19.8 Å². The lowest BCUT2D eigenvalue weighted by Gasteiger charge is -2.17. The second kappa shape index (κ2) is 7.23. The van der Waals surface area contributed by atoms with Crippen molar-refractivity contribution in [2.24, 2.45) is 0 Å². The summed E-state index contributed by atoms with van der Waals surface area (Å²) in [6.45, 7) is 0.256. The van der Waals surface area contributed by atoms with E-state index in [2.05, 4.69) is 30.9 Å². The molecular formula is C20H17BrFN5O2. The van der Waals surface area contributed by atoms with Crippen LogP contribution >= 0.6 is 15.9 Å². The summed E-state index contributed by atoms with van der Waals surface area (Å²) >= 11 is 3.34. The van der Waals surface area contributed by atoms with Crippen LogP contribution in [0.1, 0.15) is 19.1 Å². The Kier molecular flexibility index (Phi) is 4.56. The quantitative estimate of drug-likeness (QED) is 0.493. The number of pyridine rings is 1. The van der Waals surface area contributed by atoms with E-state index in [0.717, 1.165) is 28.3 Å². The molecule has 1 aromatic carbocycles. The molecular weight excluding hydrogens is 441 g/mol. The van der Waals surface area contributed by atoms with Crippen LogP contribution in [0.5, 0.6) is 5.75 Å². The van der Waals surface area contributed by atoms with Crippen LogP contribution in [0, 0.1) is 5.82 Å². The molecule has 7 nitrogen and oxygen atoms in total. The summed E-state index contributed by atoms with van der Waals surface area (Å²) in [7, 11) is 0. The number of halogens is 2. The van der Waals surface area contributed by atoms with Crippen LogP contribution in [0.2, 0.25) is 0 Å². The van der Waals surface area contributed by atoms with Gasteiger partial charge in [0.15, 0.2) is 11.6 Å². The smallest absolute Gasteiger partial charge is 0.165 e. The Morgan fingerprint density at radius 1 is 1.24 bits per heavy atom. The van der Waals surface area contributed by atoms with Gasteiger partial charge in [-0.15, -0.1) is 0 Å². The molecule has 1 aliphatic heterocycles. The maximum atomic E-state index is 14.4. The number of hydrogen-bond acceptors (Lipinski definition) is 6. The van der Waals surface area contributed by atoms with Crippen LogP contribution in [-0.4, -0.2) is 32.2 Å². The van der Waals surface area contributed by atoms with Gasteiger partial charge >= 0.3 is 0 Å². The SMILES string of the molecule is Nc1ncnc2c1ccn2C1CCC(COc2cc3ncc(Br)cc3cc2F)O1. The Morgan fingerprint density at radius 3 is 3.03 bits per heavy atom. The summed E-state index contributed by atoms with van der Waals surface area (Å²) in [5.74, 6) is 0.195. The third kappa shape index (κ3) is 3.40. The normalized spacial score (nSPS) is 19.2. The molecule has 2 atom stereocenters. The Morgan fingerprint density at radius 2 is 2.14 bits per heavy atom. The number of ether oxygens (including phenoxy) is 2. The van der Waals surface area contributed by atoms with Crippen LogP contribution < -0.4 is 10.5 Å². The molecule has 5 rings (SSSR count). The number of nitrogen functional groups attached to an aromatic ring is 1. The molecule has 1 saturated heterocycles. The van der Waals surface area contributed by atoms with E-state index in [1.165, 1.54) is 12.4 Å².